The number of hydrazone groups is 1. The van der Waals surface area contributed by atoms with Gasteiger partial charge in [0.1, 0.15) is 29.8 Å². The molecule has 1 unspecified atom stereocenters. The van der Waals surface area contributed by atoms with Crippen LogP contribution in [0.2, 0.25) is 0 Å². The maximum atomic E-state index is 13.4. The normalized spacial score (nSPS) is 14.9. The molecule has 0 aromatic heterocycles. The number of nitrogens with zero attached hydrogens (tertiary/aromatic N) is 3. The summed E-state index contributed by atoms with van der Waals surface area (Å²) in [4.78, 5) is 38.8. The molecule has 1 atom stereocenters. The van der Waals surface area contributed by atoms with Crippen LogP contribution in [0.15, 0.2) is 53.6 Å². The van der Waals surface area contributed by atoms with E-state index in [2.05, 4.69) is 5.10 Å². The van der Waals surface area contributed by atoms with Crippen molar-refractivity contribution in [3.8, 4) is 11.5 Å². The lowest BCUT2D eigenvalue weighted by molar-refractivity contribution is -0.145. The molecule has 2 aromatic rings. The molecular weight excluding hydrogens is 428 g/mol. The van der Waals surface area contributed by atoms with Gasteiger partial charge in [0.25, 0.3) is 5.91 Å². The topological polar surface area (TPSA) is 124 Å². The Morgan fingerprint density at radius 2 is 1.70 bits per heavy atom. The largest absolute Gasteiger partial charge is 0.497 e. The molecule has 2 aromatic carbocycles. The molecule has 1 aliphatic heterocycles. The van der Waals surface area contributed by atoms with Crippen molar-refractivity contribution in [3.63, 3.8) is 0 Å². The van der Waals surface area contributed by atoms with Gasteiger partial charge in [-0.25, -0.2) is 0 Å². The van der Waals surface area contributed by atoms with Gasteiger partial charge in [-0.2, -0.15) is 5.10 Å². The second kappa shape index (κ2) is 10.5. The van der Waals surface area contributed by atoms with Crippen LogP contribution in [-0.2, 0) is 25.7 Å². The van der Waals surface area contributed by atoms with Gasteiger partial charge >= 0.3 is 5.97 Å². The van der Waals surface area contributed by atoms with Crippen LogP contribution in [0.1, 0.15) is 12.0 Å². The van der Waals surface area contributed by atoms with Crippen molar-refractivity contribution >= 4 is 29.2 Å². The molecule has 2 N–H and O–H groups in total. The Morgan fingerprint density at radius 3 is 2.24 bits per heavy atom. The van der Waals surface area contributed by atoms with Crippen molar-refractivity contribution in [1.82, 2.24) is 4.90 Å². The van der Waals surface area contributed by atoms with Gasteiger partial charge in [0, 0.05) is 19.0 Å². The average Bonchev–Trinajstić information content (AvgIpc) is 3.29. The molecule has 33 heavy (non-hydrogen) atoms. The molecule has 2 amide bonds. The quantitative estimate of drug-likeness (QED) is 0.567. The Morgan fingerprint density at radius 1 is 1.06 bits per heavy atom. The lowest BCUT2D eigenvalue weighted by Gasteiger charge is -2.22. The van der Waals surface area contributed by atoms with E-state index in [1.54, 1.807) is 42.5 Å². The van der Waals surface area contributed by atoms with E-state index >= 15 is 0 Å². The molecule has 0 aliphatic carbocycles. The molecule has 0 saturated carbocycles. The molecule has 1 aliphatic rings. The second-order valence-electron chi connectivity index (χ2n) is 7.31. The zero-order valence-corrected chi connectivity index (χ0v) is 18.7. The predicted octanol–water partition coefficient (Wildman–Crippen LogP) is 1.33. The van der Waals surface area contributed by atoms with Crippen molar-refractivity contribution in [2.45, 2.75) is 19.0 Å². The van der Waals surface area contributed by atoms with E-state index in [0.29, 0.717) is 22.7 Å². The molecule has 174 valence electrons. The number of carbonyl (C=O) groups is 3. The first-order valence-electron chi connectivity index (χ1n) is 10.1. The Kier molecular flexibility index (Phi) is 7.50. The number of esters is 1. The van der Waals surface area contributed by atoms with Crippen LogP contribution >= 0.6 is 0 Å². The number of anilines is 1. The maximum Gasteiger partial charge on any atom is 0.325 e. The molecule has 0 saturated heterocycles. The summed E-state index contributed by atoms with van der Waals surface area (Å²) in [6.45, 7) is -0.243. The lowest BCUT2D eigenvalue weighted by Crippen LogP contribution is -2.41. The zero-order valence-electron chi connectivity index (χ0n) is 18.7. The highest BCUT2D eigenvalue weighted by Crippen LogP contribution is 2.26. The zero-order chi connectivity index (χ0) is 24.0. The molecule has 10 nitrogen and oxygen atoms in total. The molecule has 0 radical (unpaired) electrons. The Hall–Kier alpha value is -4.08. The Bertz CT molecular complexity index is 1030. The van der Waals surface area contributed by atoms with Gasteiger partial charge in [-0.15, -0.1) is 0 Å². The molecule has 0 bridgehead atoms. The van der Waals surface area contributed by atoms with Crippen LogP contribution in [0.3, 0.4) is 0 Å². The number of para-hydroxylation sites is 1. The summed E-state index contributed by atoms with van der Waals surface area (Å²) in [5.41, 5.74) is 6.99. The summed E-state index contributed by atoms with van der Waals surface area (Å²) in [5, 5.41) is 5.81. The summed E-state index contributed by atoms with van der Waals surface area (Å²) >= 11 is 0. The molecule has 1 heterocycles. The van der Waals surface area contributed by atoms with Gasteiger partial charge in [-0.1, -0.05) is 18.2 Å². The number of carbonyl (C=O) groups excluding carboxylic acids is 3. The van der Waals surface area contributed by atoms with E-state index in [1.165, 1.54) is 31.2 Å². The average molecular weight is 454 g/mol. The highest BCUT2D eigenvalue weighted by Gasteiger charge is 2.37. The number of methoxy groups -OCH3 is 3. The van der Waals surface area contributed by atoms with Crippen LogP contribution in [0, 0.1) is 0 Å². The number of hydrogen-bond donors (Lipinski definition) is 1. The van der Waals surface area contributed by atoms with Crippen LogP contribution in [0.5, 0.6) is 11.5 Å². The van der Waals surface area contributed by atoms with Gasteiger partial charge in [-0.3, -0.25) is 19.4 Å². The minimum Gasteiger partial charge on any atom is -0.497 e. The number of benzene rings is 2. The van der Waals surface area contributed by atoms with Gasteiger partial charge in [0.2, 0.25) is 5.91 Å². The van der Waals surface area contributed by atoms with E-state index in [1.807, 2.05) is 6.07 Å². The monoisotopic (exact) mass is 454 g/mol. The van der Waals surface area contributed by atoms with E-state index in [4.69, 9.17) is 19.9 Å². The second-order valence-corrected chi connectivity index (χ2v) is 7.31. The standard InChI is InChI=1S/C23H26N4O6/c1-31-17-9-15(10-18(11-17)32-2)13-26(14-21(28)33-3)23(30)19-12-20(22(24)29)27(25-19)16-7-5-4-6-8-16/h4-11,20H,12-14H2,1-3H3,(H2,24,29). The minimum atomic E-state index is -0.816. The summed E-state index contributed by atoms with van der Waals surface area (Å²) in [5.74, 6) is -0.633. The summed E-state index contributed by atoms with van der Waals surface area (Å²) in [7, 11) is 4.28. The van der Waals surface area contributed by atoms with Crippen molar-refractivity contribution in [3.05, 3.63) is 54.1 Å². The van der Waals surface area contributed by atoms with Crippen molar-refractivity contribution in [2.75, 3.05) is 32.9 Å². The Labute approximate surface area is 191 Å². The number of hydrogen-bond acceptors (Lipinski definition) is 8. The van der Waals surface area contributed by atoms with E-state index < -0.39 is 23.8 Å². The molecule has 0 spiro atoms. The molecule has 0 fully saturated rings. The maximum absolute atomic E-state index is 13.4. The smallest absolute Gasteiger partial charge is 0.325 e. The fourth-order valence-corrected chi connectivity index (χ4v) is 3.46. The summed E-state index contributed by atoms with van der Waals surface area (Å²) < 4.78 is 15.3. The number of nitrogens with two attached hydrogens (primary N) is 1. The van der Waals surface area contributed by atoms with Crippen LogP contribution in [0.25, 0.3) is 0 Å². The molecule has 10 heteroatoms. The first kappa shape index (κ1) is 23.6. The minimum absolute atomic E-state index is 0.0160. The highest BCUT2D eigenvalue weighted by atomic mass is 16.5. The number of ether oxygens (including phenoxy) is 3. The number of rotatable bonds is 9. The van der Waals surface area contributed by atoms with E-state index in [9.17, 15) is 14.4 Å². The van der Waals surface area contributed by atoms with Gasteiger partial charge in [0.15, 0.2) is 0 Å². The van der Waals surface area contributed by atoms with Crippen LogP contribution in [-0.4, -0.2) is 62.3 Å². The molecule has 3 rings (SSSR count). The van der Waals surface area contributed by atoms with Crippen LogP contribution in [0.4, 0.5) is 5.69 Å². The highest BCUT2D eigenvalue weighted by molar-refractivity contribution is 6.40. The number of primary amides is 1. The van der Waals surface area contributed by atoms with E-state index in [-0.39, 0.29) is 25.2 Å². The van der Waals surface area contributed by atoms with Gasteiger partial charge in [-0.05, 0) is 29.8 Å². The third-order valence-corrected chi connectivity index (χ3v) is 5.13. The fourth-order valence-electron chi connectivity index (χ4n) is 3.46. The van der Waals surface area contributed by atoms with Crippen molar-refractivity contribution < 1.29 is 28.6 Å². The van der Waals surface area contributed by atoms with E-state index in [0.717, 1.165) is 0 Å². The molecular formula is C23H26N4O6. The lowest BCUT2D eigenvalue weighted by atomic mass is 10.1. The first-order valence-corrected chi connectivity index (χ1v) is 10.1. The summed E-state index contributed by atoms with van der Waals surface area (Å²) in [6.07, 6.45) is 0.0160. The van der Waals surface area contributed by atoms with Crippen molar-refractivity contribution in [2.24, 2.45) is 10.8 Å². The van der Waals surface area contributed by atoms with Gasteiger partial charge in [0.05, 0.1) is 27.0 Å². The van der Waals surface area contributed by atoms with Gasteiger partial charge < -0.3 is 24.8 Å². The third-order valence-electron chi connectivity index (χ3n) is 5.13. The SMILES string of the molecule is COC(=O)CN(Cc1cc(OC)cc(OC)c1)C(=O)C1=NN(c2ccccc2)C(C(N)=O)C1. The fraction of sp³-hybridized carbons (Fsp3) is 0.304. The predicted molar refractivity (Wildman–Crippen MR) is 121 cm³/mol. The first-order chi connectivity index (χ1) is 15.9. The Balaban J connectivity index is 1.92. The van der Waals surface area contributed by atoms with Crippen LogP contribution < -0.4 is 20.2 Å². The number of amides is 2. The summed E-state index contributed by atoms with van der Waals surface area (Å²) in [6, 6.07) is 13.3. The van der Waals surface area contributed by atoms with Crippen molar-refractivity contribution in [1.29, 1.82) is 0 Å². The third kappa shape index (κ3) is 5.59.